The Kier molecular flexibility index (Phi) is 5.43. The average Bonchev–Trinajstić information content (AvgIpc) is 2.92. The number of carbonyl (C=O) groups is 1. The van der Waals surface area contributed by atoms with Crippen LogP contribution in [0.5, 0.6) is 0 Å². The van der Waals surface area contributed by atoms with Gasteiger partial charge in [0, 0.05) is 26.1 Å². The number of benzene rings is 1. The Hall–Kier alpha value is -1.53. The first-order valence-corrected chi connectivity index (χ1v) is 6.73. The van der Waals surface area contributed by atoms with Gasteiger partial charge in [0.05, 0.1) is 6.10 Å². The Morgan fingerprint density at radius 2 is 2.10 bits per heavy atom. The first kappa shape index (κ1) is 14.9. The van der Waals surface area contributed by atoms with Gasteiger partial charge in [0.1, 0.15) is 17.3 Å². The fourth-order valence-corrected chi connectivity index (χ4v) is 2.09. The van der Waals surface area contributed by atoms with Gasteiger partial charge in [-0.15, -0.1) is 0 Å². The molecule has 0 bridgehead atoms. The second kappa shape index (κ2) is 7.31. The van der Waals surface area contributed by atoms with Crippen molar-refractivity contribution in [2.24, 2.45) is 0 Å². The maximum absolute atomic E-state index is 13.3. The highest BCUT2D eigenvalue weighted by Gasteiger charge is 2.15. The third kappa shape index (κ3) is 4.25. The number of halogens is 2. The molecule has 4 nitrogen and oxygen atoms in total. The van der Waals surface area contributed by atoms with Gasteiger partial charge in [0.2, 0.25) is 5.91 Å². The minimum Gasteiger partial charge on any atom is -0.377 e. The zero-order valence-electron chi connectivity index (χ0n) is 11.1. The van der Waals surface area contributed by atoms with Crippen LogP contribution in [0.15, 0.2) is 18.2 Å². The Balaban J connectivity index is 1.69. The summed E-state index contributed by atoms with van der Waals surface area (Å²) in [5, 5.41) is 5.35. The van der Waals surface area contributed by atoms with Crippen LogP contribution in [0.4, 0.5) is 14.5 Å². The van der Waals surface area contributed by atoms with E-state index < -0.39 is 23.2 Å². The molecule has 1 saturated heterocycles. The quantitative estimate of drug-likeness (QED) is 0.786. The van der Waals surface area contributed by atoms with E-state index in [1.54, 1.807) is 0 Å². The van der Waals surface area contributed by atoms with Crippen molar-refractivity contribution in [2.75, 3.05) is 25.0 Å². The second-order valence-electron chi connectivity index (χ2n) is 4.73. The van der Waals surface area contributed by atoms with Crippen molar-refractivity contribution in [3.8, 4) is 0 Å². The lowest BCUT2D eigenvalue weighted by atomic mass is 10.2. The highest BCUT2D eigenvalue weighted by molar-refractivity contribution is 5.91. The minimum atomic E-state index is -0.773. The van der Waals surface area contributed by atoms with E-state index >= 15 is 0 Å². The van der Waals surface area contributed by atoms with Gasteiger partial charge in [-0.2, -0.15) is 0 Å². The first-order valence-electron chi connectivity index (χ1n) is 6.73. The predicted molar refractivity (Wildman–Crippen MR) is 71.4 cm³/mol. The van der Waals surface area contributed by atoms with E-state index in [4.69, 9.17) is 4.74 Å². The number of rotatable bonds is 6. The zero-order valence-corrected chi connectivity index (χ0v) is 11.1. The van der Waals surface area contributed by atoms with Gasteiger partial charge in [0.25, 0.3) is 0 Å². The van der Waals surface area contributed by atoms with E-state index in [1.807, 2.05) is 0 Å². The number of amides is 1. The molecule has 110 valence electrons. The lowest BCUT2D eigenvalue weighted by molar-refractivity contribution is -0.116. The molecule has 1 aromatic rings. The molecule has 2 N–H and O–H groups in total. The van der Waals surface area contributed by atoms with Gasteiger partial charge in [-0.25, -0.2) is 8.78 Å². The van der Waals surface area contributed by atoms with Crippen molar-refractivity contribution < 1.29 is 18.3 Å². The summed E-state index contributed by atoms with van der Waals surface area (Å²) in [6, 6.07) is 3.46. The van der Waals surface area contributed by atoms with E-state index in [9.17, 15) is 13.6 Å². The Bertz CT molecular complexity index is 442. The van der Waals surface area contributed by atoms with E-state index in [0.29, 0.717) is 13.1 Å². The normalized spacial score (nSPS) is 18.2. The number of nitrogens with one attached hydrogen (secondary N) is 2. The molecule has 20 heavy (non-hydrogen) atoms. The Morgan fingerprint density at radius 1 is 1.35 bits per heavy atom. The lowest BCUT2D eigenvalue weighted by Crippen LogP contribution is -2.29. The van der Waals surface area contributed by atoms with Gasteiger partial charge >= 0.3 is 0 Å². The summed E-state index contributed by atoms with van der Waals surface area (Å²) in [4.78, 5) is 11.6. The molecule has 6 heteroatoms. The predicted octanol–water partition coefficient (Wildman–Crippen LogP) is 2.06. The number of hydrogen-bond acceptors (Lipinski definition) is 3. The van der Waals surface area contributed by atoms with Gasteiger partial charge in [-0.3, -0.25) is 4.79 Å². The standard InChI is InChI=1S/C14H18F2N2O2/c15-11-4-1-5-12(16)14(11)18-13(19)6-7-17-9-10-3-2-8-20-10/h1,4-5,10,17H,2-3,6-9H2,(H,18,19). The minimum absolute atomic E-state index is 0.153. The topological polar surface area (TPSA) is 50.4 Å². The first-order chi connectivity index (χ1) is 9.66. The van der Waals surface area contributed by atoms with Gasteiger partial charge in [-0.1, -0.05) is 6.07 Å². The summed E-state index contributed by atoms with van der Waals surface area (Å²) in [6.45, 7) is 1.93. The number of anilines is 1. The third-order valence-electron chi connectivity index (χ3n) is 3.15. The molecule has 1 fully saturated rings. The van der Waals surface area contributed by atoms with Crippen LogP contribution in [0.2, 0.25) is 0 Å². The number of ether oxygens (including phenoxy) is 1. The fourth-order valence-electron chi connectivity index (χ4n) is 2.09. The summed E-state index contributed by atoms with van der Waals surface area (Å²) in [6.07, 6.45) is 2.46. The summed E-state index contributed by atoms with van der Waals surface area (Å²) in [7, 11) is 0. The zero-order chi connectivity index (χ0) is 14.4. The largest absolute Gasteiger partial charge is 0.377 e. The lowest BCUT2D eigenvalue weighted by Gasteiger charge is -2.11. The van der Waals surface area contributed by atoms with Crippen molar-refractivity contribution in [1.29, 1.82) is 0 Å². The number of hydrogen-bond donors (Lipinski definition) is 2. The van der Waals surface area contributed by atoms with Gasteiger partial charge in [0.15, 0.2) is 0 Å². The molecule has 0 spiro atoms. The van der Waals surface area contributed by atoms with Crippen molar-refractivity contribution in [3.63, 3.8) is 0 Å². The summed E-state index contributed by atoms with van der Waals surface area (Å²) in [5.74, 6) is -1.97. The average molecular weight is 284 g/mol. The number of para-hydroxylation sites is 1. The highest BCUT2D eigenvalue weighted by atomic mass is 19.1. The summed E-state index contributed by atoms with van der Waals surface area (Å²) < 4.78 is 32.1. The van der Waals surface area contributed by atoms with Gasteiger partial charge in [-0.05, 0) is 25.0 Å². The van der Waals surface area contributed by atoms with Crippen molar-refractivity contribution in [1.82, 2.24) is 5.32 Å². The van der Waals surface area contributed by atoms with Crippen LogP contribution in [0, 0.1) is 11.6 Å². The molecule has 1 amide bonds. The van der Waals surface area contributed by atoms with Crippen LogP contribution in [0.1, 0.15) is 19.3 Å². The van der Waals surface area contributed by atoms with E-state index in [-0.39, 0.29) is 12.5 Å². The molecular formula is C14H18F2N2O2. The Labute approximate surface area is 116 Å². The van der Waals surface area contributed by atoms with Crippen molar-refractivity contribution >= 4 is 11.6 Å². The molecule has 0 radical (unpaired) electrons. The van der Waals surface area contributed by atoms with E-state index in [2.05, 4.69) is 10.6 Å². The van der Waals surface area contributed by atoms with Crippen LogP contribution in [0.3, 0.4) is 0 Å². The summed E-state index contributed by atoms with van der Waals surface area (Å²) >= 11 is 0. The van der Waals surface area contributed by atoms with Crippen molar-refractivity contribution in [2.45, 2.75) is 25.4 Å². The molecule has 2 rings (SSSR count). The monoisotopic (exact) mass is 284 g/mol. The SMILES string of the molecule is O=C(CCNCC1CCCO1)Nc1c(F)cccc1F. The second-order valence-corrected chi connectivity index (χ2v) is 4.73. The summed E-state index contributed by atoms with van der Waals surface area (Å²) in [5.41, 5.74) is -0.392. The van der Waals surface area contributed by atoms with Crippen LogP contribution in [-0.2, 0) is 9.53 Å². The highest BCUT2D eigenvalue weighted by Crippen LogP contribution is 2.17. The fraction of sp³-hybridized carbons (Fsp3) is 0.500. The molecule has 1 atom stereocenters. The molecule has 1 aliphatic heterocycles. The molecular weight excluding hydrogens is 266 g/mol. The van der Waals surface area contributed by atoms with Crippen LogP contribution >= 0.6 is 0 Å². The van der Waals surface area contributed by atoms with E-state index in [0.717, 1.165) is 31.6 Å². The molecule has 1 heterocycles. The van der Waals surface area contributed by atoms with Crippen LogP contribution < -0.4 is 10.6 Å². The van der Waals surface area contributed by atoms with Crippen LogP contribution in [-0.4, -0.2) is 31.7 Å². The molecule has 1 unspecified atom stereocenters. The smallest absolute Gasteiger partial charge is 0.225 e. The molecule has 0 saturated carbocycles. The van der Waals surface area contributed by atoms with E-state index in [1.165, 1.54) is 6.07 Å². The Morgan fingerprint density at radius 3 is 2.75 bits per heavy atom. The molecule has 1 aromatic carbocycles. The maximum Gasteiger partial charge on any atom is 0.225 e. The van der Waals surface area contributed by atoms with Crippen LogP contribution in [0.25, 0.3) is 0 Å². The van der Waals surface area contributed by atoms with Gasteiger partial charge < -0.3 is 15.4 Å². The maximum atomic E-state index is 13.3. The third-order valence-corrected chi connectivity index (χ3v) is 3.15. The molecule has 1 aliphatic rings. The molecule has 0 aromatic heterocycles. The number of carbonyl (C=O) groups excluding carboxylic acids is 1. The van der Waals surface area contributed by atoms with Crippen molar-refractivity contribution in [3.05, 3.63) is 29.8 Å². The molecule has 0 aliphatic carbocycles.